The quantitative estimate of drug-likeness (QED) is 0.914. The predicted molar refractivity (Wildman–Crippen MR) is 73.4 cm³/mol. The Bertz CT molecular complexity index is 640. The molecule has 0 aliphatic carbocycles. The number of benzene rings is 1. The number of hydrogen-bond donors (Lipinski definition) is 1. The fourth-order valence-corrected chi connectivity index (χ4v) is 2.64. The molecule has 0 amide bonds. The summed E-state index contributed by atoms with van der Waals surface area (Å²) in [6, 6.07) is 7.75. The van der Waals surface area contributed by atoms with Crippen LogP contribution in [-0.4, -0.2) is 10.1 Å². The standard InChI is InChI=1S/C15H14ClNO2/c1-9-15(18)13-8-19-7-12(13)14(17-9)6-10-3-2-4-11(16)5-10/h2-5,18H,6-8H2,1H3. The van der Waals surface area contributed by atoms with E-state index in [1.165, 1.54) is 0 Å². The van der Waals surface area contributed by atoms with Gasteiger partial charge in [-0.3, -0.25) is 4.98 Å². The number of aromatic hydroxyl groups is 1. The molecule has 1 aromatic heterocycles. The van der Waals surface area contributed by atoms with Crippen LogP contribution < -0.4 is 0 Å². The second-order valence-corrected chi connectivity index (χ2v) is 5.19. The Kier molecular flexibility index (Phi) is 3.17. The third kappa shape index (κ3) is 2.31. The first-order valence-corrected chi connectivity index (χ1v) is 6.55. The molecule has 1 N–H and O–H groups in total. The average molecular weight is 276 g/mol. The van der Waals surface area contributed by atoms with E-state index in [0.717, 1.165) is 27.4 Å². The van der Waals surface area contributed by atoms with Crippen molar-refractivity contribution in [2.75, 3.05) is 0 Å². The summed E-state index contributed by atoms with van der Waals surface area (Å²) in [7, 11) is 0. The minimum Gasteiger partial charge on any atom is -0.506 e. The Morgan fingerprint density at radius 2 is 2.11 bits per heavy atom. The molecule has 1 aromatic carbocycles. The van der Waals surface area contributed by atoms with Gasteiger partial charge in [-0.25, -0.2) is 0 Å². The van der Waals surface area contributed by atoms with Gasteiger partial charge < -0.3 is 9.84 Å². The lowest BCUT2D eigenvalue weighted by molar-refractivity contribution is 0.133. The summed E-state index contributed by atoms with van der Waals surface area (Å²) in [5.41, 5.74) is 4.62. The third-order valence-electron chi connectivity index (χ3n) is 3.40. The zero-order valence-corrected chi connectivity index (χ0v) is 11.4. The van der Waals surface area contributed by atoms with Gasteiger partial charge in [-0.05, 0) is 24.6 Å². The number of ether oxygens (including phenoxy) is 1. The summed E-state index contributed by atoms with van der Waals surface area (Å²) in [6.07, 6.45) is 0.702. The minimum atomic E-state index is 0.266. The van der Waals surface area contributed by atoms with Crippen LogP contribution in [0.4, 0.5) is 0 Å². The number of hydrogen-bond acceptors (Lipinski definition) is 3. The highest BCUT2D eigenvalue weighted by atomic mass is 35.5. The molecular formula is C15H14ClNO2. The van der Waals surface area contributed by atoms with Crippen LogP contribution in [0.15, 0.2) is 24.3 Å². The van der Waals surface area contributed by atoms with Gasteiger partial charge in [0.15, 0.2) is 0 Å². The first-order valence-electron chi connectivity index (χ1n) is 6.17. The van der Waals surface area contributed by atoms with Gasteiger partial charge in [0.25, 0.3) is 0 Å². The fraction of sp³-hybridized carbons (Fsp3) is 0.267. The highest BCUT2D eigenvalue weighted by molar-refractivity contribution is 6.30. The molecule has 4 heteroatoms. The fourth-order valence-electron chi connectivity index (χ4n) is 2.43. The normalized spacial score (nSPS) is 13.6. The number of rotatable bonds is 2. The smallest absolute Gasteiger partial charge is 0.142 e. The van der Waals surface area contributed by atoms with Gasteiger partial charge in [-0.1, -0.05) is 23.7 Å². The molecule has 1 aliphatic heterocycles. The summed E-state index contributed by atoms with van der Waals surface area (Å²) in [5.74, 6) is 0.266. The van der Waals surface area contributed by atoms with Crippen molar-refractivity contribution < 1.29 is 9.84 Å². The third-order valence-corrected chi connectivity index (χ3v) is 3.63. The number of nitrogens with zero attached hydrogens (tertiary/aromatic N) is 1. The second kappa shape index (κ2) is 4.83. The molecule has 0 fully saturated rings. The number of halogens is 1. The van der Waals surface area contributed by atoms with Crippen molar-refractivity contribution in [2.45, 2.75) is 26.6 Å². The van der Waals surface area contributed by atoms with Crippen LogP contribution in [0.25, 0.3) is 0 Å². The predicted octanol–water partition coefficient (Wildman–Crippen LogP) is 3.37. The number of aromatic nitrogens is 1. The van der Waals surface area contributed by atoms with Crippen LogP contribution >= 0.6 is 11.6 Å². The lowest BCUT2D eigenvalue weighted by atomic mass is 10.0. The largest absolute Gasteiger partial charge is 0.506 e. The Morgan fingerprint density at radius 1 is 1.32 bits per heavy atom. The maximum atomic E-state index is 9.99. The molecular weight excluding hydrogens is 262 g/mol. The lowest BCUT2D eigenvalue weighted by Gasteiger charge is -2.10. The summed E-state index contributed by atoms with van der Waals surface area (Å²) in [4.78, 5) is 4.50. The summed E-state index contributed by atoms with van der Waals surface area (Å²) in [5, 5.41) is 10.7. The van der Waals surface area contributed by atoms with Crippen LogP contribution in [0.5, 0.6) is 5.75 Å². The minimum absolute atomic E-state index is 0.266. The highest BCUT2D eigenvalue weighted by Crippen LogP contribution is 2.33. The summed E-state index contributed by atoms with van der Waals surface area (Å²) < 4.78 is 5.43. The van der Waals surface area contributed by atoms with E-state index in [2.05, 4.69) is 4.98 Å². The van der Waals surface area contributed by atoms with Gasteiger partial charge in [0.2, 0.25) is 0 Å². The van der Waals surface area contributed by atoms with Crippen LogP contribution in [0, 0.1) is 6.92 Å². The zero-order chi connectivity index (χ0) is 13.4. The summed E-state index contributed by atoms with van der Waals surface area (Å²) >= 11 is 6.00. The molecule has 0 atom stereocenters. The van der Waals surface area contributed by atoms with Crippen molar-refractivity contribution in [3.63, 3.8) is 0 Å². The molecule has 0 spiro atoms. The topological polar surface area (TPSA) is 42.4 Å². The Hall–Kier alpha value is -1.58. The number of fused-ring (bicyclic) bond motifs is 1. The molecule has 1 aliphatic rings. The summed E-state index contributed by atoms with van der Waals surface area (Å²) in [6.45, 7) is 2.80. The molecule has 2 heterocycles. The molecule has 2 aromatic rings. The van der Waals surface area contributed by atoms with Gasteiger partial charge in [0.1, 0.15) is 5.75 Å². The van der Waals surface area contributed by atoms with Crippen molar-refractivity contribution in [2.24, 2.45) is 0 Å². The Labute approximate surface area is 116 Å². The lowest BCUT2D eigenvalue weighted by Crippen LogP contribution is -2.02. The molecule has 98 valence electrons. The zero-order valence-electron chi connectivity index (χ0n) is 10.6. The van der Waals surface area contributed by atoms with Gasteiger partial charge in [0.05, 0.1) is 24.6 Å². The van der Waals surface area contributed by atoms with Gasteiger partial charge >= 0.3 is 0 Å². The Balaban J connectivity index is 2.02. The van der Waals surface area contributed by atoms with E-state index in [1.54, 1.807) is 0 Å². The average Bonchev–Trinajstić information content (AvgIpc) is 2.85. The van der Waals surface area contributed by atoms with Crippen molar-refractivity contribution in [3.8, 4) is 5.75 Å². The van der Waals surface area contributed by atoms with Crippen molar-refractivity contribution in [3.05, 3.63) is 57.4 Å². The van der Waals surface area contributed by atoms with Crippen LogP contribution in [0.2, 0.25) is 5.02 Å². The SMILES string of the molecule is Cc1nc(Cc2cccc(Cl)c2)c2c(c1O)COC2. The van der Waals surface area contributed by atoms with E-state index in [-0.39, 0.29) is 5.75 Å². The molecule has 0 bridgehead atoms. The van der Waals surface area contributed by atoms with Gasteiger partial charge in [0, 0.05) is 22.6 Å². The van der Waals surface area contributed by atoms with Crippen molar-refractivity contribution in [1.29, 1.82) is 0 Å². The first-order chi connectivity index (χ1) is 9.15. The van der Waals surface area contributed by atoms with Crippen LogP contribution in [-0.2, 0) is 24.4 Å². The molecule has 3 rings (SSSR count). The van der Waals surface area contributed by atoms with E-state index in [9.17, 15) is 5.11 Å². The molecule has 0 saturated heterocycles. The molecule has 0 saturated carbocycles. The number of aryl methyl sites for hydroxylation is 1. The van der Waals surface area contributed by atoms with Crippen LogP contribution in [0.1, 0.15) is 28.1 Å². The highest BCUT2D eigenvalue weighted by Gasteiger charge is 2.22. The van der Waals surface area contributed by atoms with Crippen molar-refractivity contribution in [1.82, 2.24) is 4.98 Å². The molecule has 0 radical (unpaired) electrons. The van der Waals surface area contributed by atoms with E-state index < -0.39 is 0 Å². The second-order valence-electron chi connectivity index (χ2n) is 4.75. The van der Waals surface area contributed by atoms with Gasteiger partial charge in [-0.2, -0.15) is 0 Å². The molecule has 19 heavy (non-hydrogen) atoms. The monoisotopic (exact) mass is 275 g/mol. The maximum Gasteiger partial charge on any atom is 0.142 e. The molecule has 3 nitrogen and oxygen atoms in total. The van der Waals surface area contributed by atoms with E-state index in [1.807, 2.05) is 31.2 Å². The van der Waals surface area contributed by atoms with E-state index in [0.29, 0.717) is 25.3 Å². The molecule has 0 unspecified atom stereocenters. The number of pyridine rings is 1. The van der Waals surface area contributed by atoms with Gasteiger partial charge in [-0.15, -0.1) is 0 Å². The Morgan fingerprint density at radius 3 is 2.89 bits per heavy atom. The van der Waals surface area contributed by atoms with Crippen LogP contribution in [0.3, 0.4) is 0 Å². The maximum absolute atomic E-state index is 9.99. The van der Waals surface area contributed by atoms with E-state index in [4.69, 9.17) is 16.3 Å². The van der Waals surface area contributed by atoms with E-state index >= 15 is 0 Å². The first kappa shape index (κ1) is 12.5. The van der Waals surface area contributed by atoms with Crippen molar-refractivity contribution >= 4 is 11.6 Å².